The zero-order valence-corrected chi connectivity index (χ0v) is 18.1. The minimum Gasteiger partial charge on any atom is -0.267 e. The number of rotatable bonds is 4. The summed E-state index contributed by atoms with van der Waals surface area (Å²) in [5.41, 5.74) is 6.99. The molecule has 0 saturated carbocycles. The van der Waals surface area contributed by atoms with Crippen molar-refractivity contribution < 1.29 is 9.59 Å². The topological polar surface area (TPSA) is 49.4 Å². The fourth-order valence-corrected chi connectivity index (χ4v) is 3.01. The van der Waals surface area contributed by atoms with E-state index in [4.69, 9.17) is 0 Å². The number of hydrogen-bond donors (Lipinski definition) is 1. The normalized spacial score (nSPS) is 12.4. The Balaban J connectivity index is 2.35. The van der Waals surface area contributed by atoms with Crippen molar-refractivity contribution in [3.8, 4) is 0 Å². The summed E-state index contributed by atoms with van der Waals surface area (Å²) in [5.74, 6) is -0.482. The first kappa shape index (κ1) is 21.7. The molecule has 2 rings (SSSR count). The maximum absolute atomic E-state index is 13.2. The maximum atomic E-state index is 13.2. The predicted molar refractivity (Wildman–Crippen MR) is 114 cm³/mol. The van der Waals surface area contributed by atoms with Crippen LogP contribution in [0.3, 0.4) is 0 Å². The summed E-state index contributed by atoms with van der Waals surface area (Å²) >= 11 is 0. The summed E-state index contributed by atoms with van der Waals surface area (Å²) in [5, 5.41) is 1.47. The molecule has 4 nitrogen and oxygen atoms in total. The third-order valence-electron chi connectivity index (χ3n) is 5.17. The lowest BCUT2D eigenvalue weighted by atomic mass is 9.87. The Kier molecular flexibility index (Phi) is 6.65. The Labute approximate surface area is 168 Å². The predicted octanol–water partition coefficient (Wildman–Crippen LogP) is 5.09. The van der Waals surface area contributed by atoms with Crippen molar-refractivity contribution in [2.45, 2.75) is 60.9 Å². The van der Waals surface area contributed by atoms with Crippen LogP contribution in [0.2, 0.25) is 0 Å². The Bertz CT molecular complexity index is 828. The highest BCUT2D eigenvalue weighted by molar-refractivity contribution is 5.99. The number of nitrogens with zero attached hydrogens (tertiary/aromatic N) is 1. The maximum Gasteiger partial charge on any atom is 0.272 e. The van der Waals surface area contributed by atoms with Gasteiger partial charge >= 0.3 is 0 Å². The van der Waals surface area contributed by atoms with Crippen LogP contribution in [-0.4, -0.2) is 22.9 Å². The number of hydrogen-bond acceptors (Lipinski definition) is 2. The highest BCUT2D eigenvalue weighted by Gasteiger charge is 2.32. The standard InChI is InChI=1S/C24H32N2O2/c1-8-19-9-11-20(12-10-19)23(28)26(18(4)24(5,6)7)25-22(27)21-14-16(2)13-17(3)15-21/h9-15,18H,8H2,1-7H3,(H,25,27). The van der Waals surface area contributed by atoms with Crippen molar-refractivity contribution in [2.24, 2.45) is 5.41 Å². The molecule has 0 aliphatic heterocycles. The van der Waals surface area contributed by atoms with Crippen LogP contribution in [0.5, 0.6) is 0 Å². The molecule has 150 valence electrons. The summed E-state index contributed by atoms with van der Waals surface area (Å²) in [6.07, 6.45) is 0.917. The molecule has 2 aromatic carbocycles. The van der Waals surface area contributed by atoms with Crippen LogP contribution < -0.4 is 5.43 Å². The highest BCUT2D eigenvalue weighted by Crippen LogP contribution is 2.25. The van der Waals surface area contributed by atoms with E-state index < -0.39 is 0 Å². The van der Waals surface area contributed by atoms with Gasteiger partial charge in [-0.15, -0.1) is 0 Å². The monoisotopic (exact) mass is 380 g/mol. The molecule has 0 aromatic heterocycles. The molecule has 1 unspecified atom stereocenters. The quantitative estimate of drug-likeness (QED) is 0.751. The molecule has 4 heteroatoms. The van der Waals surface area contributed by atoms with E-state index in [1.54, 1.807) is 0 Å². The molecular formula is C24H32N2O2. The SMILES string of the molecule is CCc1ccc(C(=O)N(NC(=O)c2cc(C)cc(C)c2)C(C)C(C)(C)C)cc1. The molecule has 2 amide bonds. The van der Waals surface area contributed by atoms with Gasteiger partial charge in [-0.2, -0.15) is 0 Å². The van der Waals surface area contributed by atoms with E-state index in [0.29, 0.717) is 11.1 Å². The smallest absolute Gasteiger partial charge is 0.267 e. The number of carbonyl (C=O) groups excluding carboxylic acids is 2. The van der Waals surface area contributed by atoms with Crippen LogP contribution in [-0.2, 0) is 6.42 Å². The van der Waals surface area contributed by atoms with E-state index in [1.165, 1.54) is 10.6 Å². The van der Waals surface area contributed by atoms with Crippen LogP contribution in [0.1, 0.15) is 72.0 Å². The van der Waals surface area contributed by atoms with Gasteiger partial charge in [0, 0.05) is 11.1 Å². The largest absolute Gasteiger partial charge is 0.272 e. The first-order chi connectivity index (χ1) is 13.0. The second-order valence-electron chi connectivity index (χ2n) is 8.58. The number of carbonyl (C=O) groups is 2. The van der Waals surface area contributed by atoms with E-state index in [2.05, 4.69) is 33.1 Å². The molecule has 1 N–H and O–H groups in total. The second kappa shape index (κ2) is 8.59. The van der Waals surface area contributed by atoms with E-state index in [9.17, 15) is 9.59 Å². The fourth-order valence-electron chi connectivity index (χ4n) is 3.01. The lowest BCUT2D eigenvalue weighted by Gasteiger charge is -2.37. The number of amides is 2. The molecule has 28 heavy (non-hydrogen) atoms. The van der Waals surface area contributed by atoms with Crippen molar-refractivity contribution in [3.05, 3.63) is 70.3 Å². The Morgan fingerprint density at radius 3 is 1.96 bits per heavy atom. The van der Waals surface area contributed by atoms with Crippen LogP contribution in [0.4, 0.5) is 0 Å². The second-order valence-corrected chi connectivity index (χ2v) is 8.58. The van der Waals surface area contributed by atoms with Gasteiger partial charge in [-0.05, 0) is 62.4 Å². The average molecular weight is 381 g/mol. The zero-order chi connectivity index (χ0) is 21.1. The van der Waals surface area contributed by atoms with Crippen LogP contribution in [0.15, 0.2) is 42.5 Å². The molecule has 0 saturated heterocycles. The molecular weight excluding hydrogens is 348 g/mol. The third kappa shape index (κ3) is 5.22. The van der Waals surface area contributed by atoms with Crippen LogP contribution in [0.25, 0.3) is 0 Å². The van der Waals surface area contributed by atoms with Gasteiger partial charge in [-0.1, -0.05) is 57.0 Å². The first-order valence-corrected chi connectivity index (χ1v) is 9.84. The number of aryl methyl sites for hydroxylation is 3. The van der Waals surface area contributed by atoms with Gasteiger partial charge in [0.1, 0.15) is 0 Å². The minimum atomic E-state index is -0.276. The van der Waals surface area contributed by atoms with Gasteiger partial charge in [-0.3, -0.25) is 15.0 Å². The van der Waals surface area contributed by atoms with E-state index in [-0.39, 0.29) is 23.3 Å². The van der Waals surface area contributed by atoms with E-state index in [1.807, 2.05) is 63.2 Å². The molecule has 0 spiro atoms. The van der Waals surface area contributed by atoms with E-state index >= 15 is 0 Å². The molecule has 2 aromatic rings. The molecule has 0 radical (unpaired) electrons. The number of hydrazine groups is 1. The van der Waals surface area contributed by atoms with Crippen LogP contribution in [0, 0.1) is 19.3 Å². The van der Waals surface area contributed by atoms with Crippen molar-refractivity contribution in [1.82, 2.24) is 10.4 Å². The Morgan fingerprint density at radius 1 is 0.964 bits per heavy atom. The Morgan fingerprint density at radius 2 is 1.50 bits per heavy atom. The van der Waals surface area contributed by atoms with Crippen molar-refractivity contribution >= 4 is 11.8 Å². The Hall–Kier alpha value is -2.62. The van der Waals surface area contributed by atoms with Gasteiger partial charge in [0.2, 0.25) is 0 Å². The zero-order valence-electron chi connectivity index (χ0n) is 18.1. The average Bonchev–Trinajstić information content (AvgIpc) is 2.63. The number of nitrogens with one attached hydrogen (secondary N) is 1. The van der Waals surface area contributed by atoms with Gasteiger partial charge in [0.25, 0.3) is 11.8 Å². The third-order valence-corrected chi connectivity index (χ3v) is 5.17. The highest BCUT2D eigenvalue weighted by atomic mass is 16.2. The molecule has 0 aliphatic rings. The molecule has 0 bridgehead atoms. The summed E-state index contributed by atoms with van der Waals surface area (Å²) in [4.78, 5) is 26.2. The van der Waals surface area contributed by atoms with Crippen molar-refractivity contribution in [3.63, 3.8) is 0 Å². The van der Waals surface area contributed by atoms with Gasteiger partial charge in [0.15, 0.2) is 0 Å². The molecule has 0 fully saturated rings. The summed E-state index contributed by atoms with van der Waals surface area (Å²) in [6.45, 7) is 14.1. The molecule has 1 atom stereocenters. The first-order valence-electron chi connectivity index (χ1n) is 9.84. The van der Waals surface area contributed by atoms with Gasteiger partial charge in [-0.25, -0.2) is 5.01 Å². The fraction of sp³-hybridized carbons (Fsp3) is 0.417. The summed E-state index contributed by atoms with van der Waals surface area (Å²) in [6, 6.07) is 13.1. The van der Waals surface area contributed by atoms with Crippen molar-refractivity contribution in [2.75, 3.05) is 0 Å². The van der Waals surface area contributed by atoms with Crippen LogP contribution >= 0.6 is 0 Å². The van der Waals surface area contributed by atoms with E-state index in [0.717, 1.165) is 17.5 Å². The molecule has 0 heterocycles. The lowest BCUT2D eigenvalue weighted by molar-refractivity contribution is 0.0337. The van der Waals surface area contributed by atoms with Crippen molar-refractivity contribution in [1.29, 1.82) is 0 Å². The molecule has 0 aliphatic carbocycles. The number of benzene rings is 2. The van der Waals surface area contributed by atoms with Gasteiger partial charge < -0.3 is 0 Å². The summed E-state index contributed by atoms with van der Waals surface area (Å²) in [7, 11) is 0. The lowest BCUT2D eigenvalue weighted by Crippen LogP contribution is -2.55. The van der Waals surface area contributed by atoms with Gasteiger partial charge in [0.05, 0.1) is 6.04 Å². The summed E-state index contributed by atoms with van der Waals surface area (Å²) < 4.78 is 0. The minimum absolute atomic E-state index is 0.194.